The Bertz CT molecular complexity index is 243. The SMILES string of the molecule is CNC(C)C(=O)NC1CCCCNC1=O. The smallest absolute Gasteiger partial charge is 0.242 e. The van der Waals surface area contributed by atoms with E-state index in [1.807, 2.05) is 0 Å². The van der Waals surface area contributed by atoms with E-state index in [1.165, 1.54) is 0 Å². The molecule has 2 amide bonds. The lowest BCUT2D eigenvalue weighted by Gasteiger charge is -2.17. The van der Waals surface area contributed by atoms with Crippen molar-refractivity contribution in [2.24, 2.45) is 0 Å². The second-order valence-electron chi connectivity index (χ2n) is 3.86. The van der Waals surface area contributed by atoms with E-state index in [2.05, 4.69) is 16.0 Å². The third-order valence-corrected chi connectivity index (χ3v) is 2.68. The van der Waals surface area contributed by atoms with Crippen molar-refractivity contribution in [3.05, 3.63) is 0 Å². The summed E-state index contributed by atoms with van der Waals surface area (Å²) in [5, 5.41) is 8.37. The van der Waals surface area contributed by atoms with Gasteiger partial charge in [0.1, 0.15) is 6.04 Å². The van der Waals surface area contributed by atoms with E-state index in [1.54, 1.807) is 14.0 Å². The van der Waals surface area contributed by atoms with Gasteiger partial charge in [-0.1, -0.05) is 0 Å². The standard InChI is InChI=1S/C10H19N3O2/c1-7(11-2)9(14)13-8-5-3-4-6-12-10(8)15/h7-8,11H,3-6H2,1-2H3,(H,12,15)(H,13,14). The monoisotopic (exact) mass is 213 g/mol. The van der Waals surface area contributed by atoms with Gasteiger partial charge in [-0.2, -0.15) is 0 Å². The van der Waals surface area contributed by atoms with Crippen molar-refractivity contribution in [3.63, 3.8) is 0 Å². The molecule has 1 aliphatic heterocycles. The van der Waals surface area contributed by atoms with Crippen molar-refractivity contribution in [2.75, 3.05) is 13.6 Å². The summed E-state index contributed by atoms with van der Waals surface area (Å²) >= 11 is 0. The van der Waals surface area contributed by atoms with E-state index >= 15 is 0 Å². The van der Waals surface area contributed by atoms with Gasteiger partial charge in [0.05, 0.1) is 6.04 Å². The fraction of sp³-hybridized carbons (Fsp3) is 0.800. The van der Waals surface area contributed by atoms with Crippen LogP contribution >= 0.6 is 0 Å². The molecule has 0 bridgehead atoms. The number of amides is 2. The summed E-state index contributed by atoms with van der Waals surface area (Å²) in [7, 11) is 1.72. The minimum Gasteiger partial charge on any atom is -0.354 e. The Labute approximate surface area is 90.0 Å². The molecule has 1 saturated heterocycles. The van der Waals surface area contributed by atoms with E-state index in [0.717, 1.165) is 19.3 Å². The van der Waals surface area contributed by atoms with Crippen LogP contribution in [0.5, 0.6) is 0 Å². The Morgan fingerprint density at radius 2 is 2.27 bits per heavy atom. The minimum atomic E-state index is -0.365. The first kappa shape index (κ1) is 12.0. The summed E-state index contributed by atoms with van der Waals surface area (Å²) in [5.41, 5.74) is 0. The van der Waals surface area contributed by atoms with Gasteiger partial charge < -0.3 is 16.0 Å². The number of hydrogen-bond donors (Lipinski definition) is 3. The van der Waals surface area contributed by atoms with Gasteiger partial charge in [-0.25, -0.2) is 0 Å². The van der Waals surface area contributed by atoms with Crippen LogP contribution in [0.15, 0.2) is 0 Å². The molecule has 2 unspecified atom stereocenters. The molecule has 0 aromatic heterocycles. The van der Waals surface area contributed by atoms with Crippen LogP contribution < -0.4 is 16.0 Å². The molecule has 5 nitrogen and oxygen atoms in total. The van der Waals surface area contributed by atoms with E-state index < -0.39 is 0 Å². The highest BCUT2D eigenvalue weighted by Gasteiger charge is 2.23. The number of hydrogen-bond acceptors (Lipinski definition) is 3. The molecular weight excluding hydrogens is 194 g/mol. The van der Waals surface area contributed by atoms with Crippen LogP contribution in [0.4, 0.5) is 0 Å². The summed E-state index contributed by atoms with van der Waals surface area (Å²) in [6, 6.07) is -0.628. The first-order valence-electron chi connectivity index (χ1n) is 5.40. The average Bonchev–Trinajstić information content (AvgIpc) is 2.43. The van der Waals surface area contributed by atoms with Gasteiger partial charge in [0.25, 0.3) is 0 Å². The van der Waals surface area contributed by atoms with E-state index in [4.69, 9.17) is 0 Å². The van der Waals surface area contributed by atoms with Crippen LogP contribution in [-0.4, -0.2) is 37.5 Å². The molecule has 1 rings (SSSR count). The van der Waals surface area contributed by atoms with Crippen LogP contribution in [0.2, 0.25) is 0 Å². The molecule has 86 valence electrons. The predicted molar refractivity (Wildman–Crippen MR) is 57.3 cm³/mol. The van der Waals surface area contributed by atoms with Crippen molar-refractivity contribution >= 4 is 11.8 Å². The fourth-order valence-corrected chi connectivity index (χ4v) is 1.50. The number of rotatable bonds is 3. The first-order chi connectivity index (χ1) is 7.15. The summed E-state index contributed by atoms with van der Waals surface area (Å²) in [5.74, 6) is -0.191. The first-order valence-corrected chi connectivity index (χ1v) is 5.40. The number of likely N-dealkylation sites (N-methyl/N-ethyl adjacent to an activating group) is 1. The van der Waals surface area contributed by atoms with Gasteiger partial charge in [-0.3, -0.25) is 9.59 Å². The van der Waals surface area contributed by atoms with Gasteiger partial charge in [-0.05, 0) is 33.2 Å². The van der Waals surface area contributed by atoms with E-state index in [0.29, 0.717) is 6.54 Å². The zero-order chi connectivity index (χ0) is 11.3. The molecule has 2 atom stereocenters. The number of carbonyl (C=O) groups excluding carboxylic acids is 2. The molecule has 0 saturated carbocycles. The zero-order valence-electron chi connectivity index (χ0n) is 9.30. The molecule has 1 heterocycles. The van der Waals surface area contributed by atoms with Crippen LogP contribution in [0.1, 0.15) is 26.2 Å². The largest absolute Gasteiger partial charge is 0.354 e. The maximum absolute atomic E-state index is 11.5. The van der Waals surface area contributed by atoms with Crippen molar-refractivity contribution in [2.45, 2.75) is 38.3 Å². The summed E-state index contributed by atoms with van der Waals surface area (Å²) in [6.07, 6.45) is 2.69. The van der Waals surface area contributed by atoms with Crippen LogP contribution in [0.3, 0.4) is 0 Å². The maximum Gasteiger partial charge on any atom is 0.242 e. The van der Waals surface area contributed by atoms with Crippen LogP contribution in [-0.2, 0) is 9.59 Å². The lowest BCUT2D eigenvalue weighted by molar-refractivity contribution is -0.129. The van der Waals surface area contributed by atoms with Gasteiger partial charge in [-0.15, -0.1) is 0 Å². The van der Waals surface area contributed by atoms with Gasteiger partial charge in [0, 0.05) is 6.54 Å². The molecule has 0 spiro atoms. The highest BCUT2D eigenvalue weighted by molar-refractivity contribution is 5.89. The van der Waals surface area contributed by atoms with Crippen molar-refractivity contribution < 1.29 is 9.59 Å². The third kappa shape index (κ3) is 3.51. The van der Waals surface area contributed by atoms with Gasteiger partial charge >= 0.3 is 0 Å². The molecule has 0 aromatic carbocycles. The Morgan fingerprint density at radius 1 is 1.53 bits per heavy atom. The predicted octanol–water partition coefficient (Wildman–Crippen LogP) is -0.621. The van der Waals surface area contributed by atoms with Crippen molar-refractivity contribution in [1.29, 1.82) is 0 Å². The highest BCUT2D eigenvalue weighted by Crippen LogP contribution is 2.05. The molecule has 0 radical (unpaired) electrons. The van der Waals surface area contributed by atoms with E-state index in [9.17, 15) is 9.59 Å². The van der Waals surface area contributed by atoms with Crippen molar-refractivity contribution in [1.82, 2.24) is 16.0 Å². The Hall–Kier alpha value is -1.10. The van der Waals surface area contributed by atoms with E-state index in [-0.39, 0.29) is 23.9 Å². The topological polar surface area (TPSA) is 70.2 Å². The molecule has 15 heavy (non-hydrogen) atoms. The van der Waals surface area contributed by atoms with Crippen LogP contribution in [0.25, 0.3) is 0 Å². The Balaban J connectivity index is 2.47. The highest BCUT2D eigenvalue weighted by atomic mass is 16.2. The fourth-order valence-electron chi connectivity index (χ4n) is 1.50. The van der Waals surface area contributed by atoms with Gasteiger partial charge in [0.2, 0.25) is 11.8 Å². The second-order valence-corrected chi connectivity index (χ2v) is 3.86. The quantitative estimate of drug-likeness (QED) is 0.585. The summed E-state index contributed by atoms with van der Waals surface area (Å²) in [6.45, 7) is 2.48. The summed E-state index contributed by atoms with van der Waals surface area (Å²) in [4.78, 5) is 23.1. The lowest BCUT2D eigenvalue weighted by atomic mass is 10.1. The maximum atomic E-state index is 11.5. The molecule has 0 aliphatic carbocycles. The third-order valence-electron chi connectivity index (χ3n) is 2.68. The molecule has 0 aromatic rings. The van der Waals surface area contributed by atoms with Crippen molar-refractivity contribution in [3.8, 4) is 0 Å². The molecule has 3 N–H and O–H groups in total. The number of carbonyl (C=O) groups is 2. The minimum absolute atomic E-state index is 0.0656. The average molecular weight is 213 g/mol. The molecular formula is C10H19N3O2. The molecule has 5 heteroatoms. The lowest BCUT2D eigenvalue weighted by Crippen LogP contribution is -2.50. The number of nitrogens with one attached hydrogen (secondary N) is 3. The Kier molecular flexibility index (Phi) is 4.55. The van der Waals surface area contributed by atoms with Gasteiger partial charge in [0.15, 0.2) is 0 Å². The normalized spacial score (nSPS) is 23.9. The second kappa shape index (κ2) is 5.70. The molecule has 1 aliphatic rings. The summed E-state index contributed by atoms with van der Waals surface area (Å²) < 4.78 is 0. The Morgan fingerprint density at radius 3 is 2.93 bits per heavy atom. The van der Waals surface area contributed by atoms with Crippen LogP contribution in [0, 0.1) is 0 Å². The molecule has 1 fully saturated rings. The zero-order valence-corrected chi connectivity index (χ0v) is 9.30.